The maximum absolute atomic E-state index is 12.1. The largest absolute Gasteiger partial charge is 0.335 e. The van der Waals surface area contributed by atoms with Gasteiger partial charge < -0.3 is 4.98 Å². The van der Waals surface area contributed by atoms with Gasteiger partial charge in [-0.3, -0.25) is 18.8 Å². The summed E-state index contributed by atoms with van der Waals surface area (Å²) >= 11 is 0. The fraction of sp³-hybridized carbons (Fsp3) is 0.643. The maximum atomic E-state index is 12.1. The van der Waals surface area contributed by atoms with Crippen molar-refractivity contribution in [3.63, 3.8) is 0 Å². The Hall–Kier alpha value is -1.89. The van der Waals surface area contributed by atoms with Crippen molar-refractivity contribution in [3.05, 3.63) is 26.7 Å². The Balaban J connectivity index is 2.02. The second-order valence-electron chi connectivity index (χ2n) is 5.90. The van der Waals surface area contributed by atoms with E-state index in [1.165, 1.54) is 30.9 Å². The lowest BCUT2D eigenvalue weighted by Gasteiger charge is -2.32. The zero-order valence-electron chi connectivity index (χ0n) is 12.7. The normalized spacial score (nSPS) is 20.2. The van der Waals surface area contributed by atoms with Crippen LogP contribution in [0.1, 0.15) is 32.0 Å². The molecule has 0 aliphatic carbocycles. The van der Waals surface area contributed by atoms with E-state index in [0.29, 0.717) is 23.8 Å². The van der Waals surface area contributed by atoms with Crippen LogP contribution in [0.25, 0.3) is 11.2 Å². The molecule has 1 fully saturated rings. The van der Waals surface area contributed by atoms with Crippen LogP contribution in [0.5, 0.6) is 0 Å². The first kappa shape index (κ1) is 14.1. The lowest BCUT2D eigenvalue weighted by atomic mass is 10.0. The minimum Gasteiger partial charge on any atom is -0.335 e. The Bertz CT molecular complexity index is 785. The van der Waals surface area contributed by atoms with E-state index in [9.17, 15) is 9.59 Å². The third-order valence-corrected chi connectivity index (χ3v) is 4.44. The molecule has 0 spiro atoms. The van der Waals surface area contributed by atoms with Crippen LogP contribution in [0.15, 0.2) is 9.59 Å². The number of nitrogens with zero attached hydrogens (tertiary/aromatic N) is 4. The van der Waals surface area contributed by atoms with Crippen LogP contribution in [0, 0.1) is 0 Å². The second-order valence-corrected chi connectivity index (χ2v) is 5.90. The van der Waals surface area contributed by atoms with Gasteiger partial charge >= 0.3 is 5.69 Å². The molecule has 7 heteroatoms. The molecule has 7 nitrogen and oxygen atoms in total. The second kappa shape index (κ2) is 5.14. The molecule has 3 heterocycles. The third kappa shape index (κ3) is 2.31. The lowest BCUT2D eigenvalue weighted by molar-refractivity contribution is 0.149. The number of fused-ring (bicyclic) bond motifs is 1. The Kier molecular flexibility index (Phi) is 3.44. The fourth-order valence-electron chi connectivity index (χ4n) is 3.03. The smallest absolute Gasteiger partial charge is 0.332 e. The monoisotopic (exact) mass is 291 g/mol. The molecule has 1 aliphatic rings. The number of rotatable bonds is 2. The molecule has 1 atom stereocenters. The number of aromatic nitrogens is 4. The average molecular weight is 291 g/mol. The number of piperidine rings is 1. The van der Waals surface area contributed by atoms with Gasteiger partial charge in [0, 0.05) is 20.1 Å². The lowest BCUT2D eigenvalue weighted by Crippen LogP contribution is -2.37. The Morgan fingerprint density at radius 1 is 1.24 bits per heavy atom. The van der Waals surface area contributed by atoms with Gasteiger partial charge in [-0.2, -0.15) is 0 Å². The van der Waals surface area contributed by atoms with E-state index < -0.39 is 0 Å². The van der Waals surface area contributed by atoms with Crippen molar-refractivity contribution < 1.29 is 0 Å². The molecule has 0 unspecified atom stereocenters. The van der Waals surface area contributed by atoms with Crippen molar-refractivity contribution >= 4 is 11.2 Å². The zero-order valence-corrected chi connectivity index (χ0v) is 12.7. The molecule has 2 aromatic rings. The van der Waals surface area contributed by atoms with Gasteiger partial charge in [0.2, 0.25) is 0 Å². The first-order valence-electron chi connectivity index (χ1n) is 7.37. The molecule has 114 valence electrons. The summed E-state index contributed by atoms with van der Waals surface area (Å²) in [4.78, 5) is 34.0. The molecule has 3 rings (SSSR count). The van der Waals surface area contributed by atoms with Crippen molar-refractivity contribution in [1.29, 1.82) is 0 Å². The summed E-state index contributed by atoms with van der Waals surface area (Å²) in [6.07, 6.45) is 3.66. The van der Waals surface area contributed by atoms with Crippen LogP contribution in [0.2, 0.25) is 0 Å². The molecule has 0 saturated carbocycles. The van der Waals surface area contributed by atoms with Crippen LogP contribution >= 0.6 is 0 Å². The van der Waals surface area contributed by atoms with E-state index in [0.717, 1.165) is 16.9 Å². The Morgan fingerprint density at radius 3 is 2.71 bits per heavy atom. The molecule has 1 N–H and O–H groups in total. The Labute approximate surface area is 122 Å². The van der Waals surface area contributed by atoms with Gasteiger partial charge in [0.05, 0.1) is 6.54 Å². The first-order chi connectivity index (χ1) is 9.99. The number of H-pyrrole nitrogens is 1. The number of nitrogens with one attached hydrogen (secondary N) is 1. The van der Waals surface area contributed by atoms with E-state index in [-0.39, 0.29) is 11.2 Å². The molecule has 0 bridgehead atoms. The standard InChI is InChI=1S/C14H21N5O2/c1-9-6-4-5-7-19(9)8-10-15-11-12(16-10)17(2)14(21)18(3)13(11)20/h9H,4-8H2,1-3H3,(H,15,16)/t9-/m1/s1. The first-order valence-corrected chi connectivity index (χ1v) is 7.37. The Morgan fingerprint density at radius 2 is 2.00 bits per heavy atom. The predicted octanol–water partition coefficient (Wildman–Crippen LogP) is 0.335. The summed E-state index contributed by atoms with van der Waals surface area (Å²) in [6.45, 7) is 3.96. The van der Waals surface area contributed by atoms with Crippen molar-refractivity contribution in [1.82, 2.24) is 24.0 Å². The van der Waals surface area contributed by atoms with Crippen molar-refractivity contribution in [2.24, 2.45) is 14.1 Å². The summed E-state index contributed by atoms with van der Waals surface area (Å²) in [5.41, 5.74) is 0.164. The van der Waals surface area contributed by atoms with Gasteiger partial charge in [-0.25, -0.2) is 9.78 Å². The molecule has 21 heavy (non-hydrogen) atoms. The van der Waals surface area contributed by atoms with Crippen LogP contribution in [-0.4, -0.2) is 36.6 Å². The number of aromatic amines is 1. The molecule has 0 aromatic carbocycles. The van der Waals surface area contributed by atoms with Crippen LogP contribution < -0.4 is 11.2 Å². The van der Waals surface area contributed by atoms with Crippen LogP contribution in [0.3, 0.4) is 0 Å². The van der Waals surface area contributed by atoms with Gasteiger partial charge in [0.1, 0.15) is 11.3 Å². The molecule has 1 aliphatic heterocycles. The van der Waals surface area contributed by atoms with Gasteiger partial charge in [0.15, 0.2) is 5.65 Å². The molecular formula is C14H21N5O2. The highest BCUT2D eigenvalue weighted by Crippen LogP contribution is 2.18. The SMILES string of the molecule is C[C@@H]1CCCCN1Cc1nc2c([nH]1)c(=O)n(C)c(=O)n2C. The van der Waals surface area contributed by atoms with E-state index in [1.54, 1.807) is 7.05 Å². The van der Waals surface area contributed by atoms with Gasteiger partial charge in [-0.1, -0.05) is 6.42 Å². The van der Waals surface area contributed by atoms with Crippen LogP contribution in [-0.2, 0) is 20.6 Å². The van der Waals surface area contributed by atoms with Gasteiger partial charge in [0.25, 0.3) is 5.56 Å². The van der Waals surface area contributed by atoms with Gasteiger partial charge in [-0.15, -0.1) is 0 Å². The van der Waals surface area contributed by atoms with Crippen molar-refractivity contribution in [2.45, 2.75) is 38.8 Å². The molecule has 1 saturated heterocycles. The summed E-state index contributed by atoms with van der Waals surface area (Å²) in [5.74, 6) is 0.747. The van der Waals surface area contributed by atoms with E-state index in [4.69, 9.17) is 0 Å². The predicted molar refractivity (Wildman–Crippen MR) is 80.3 cm³/mol. The maximum Gasteiger partial charge on any atom is 0.332 e. The minimum atomic E-state index is -0.350. The highest BCUT2D eigenvalue weighted by Gasteiger charge is 2.20. The third-order valence-electron chi connectivity index (χ3n) is 4.44. The highest BCUT2D eigenvalue weighted by molar-refractivity contribution is 5.69. The van der Waals surface area contributed by atoms with Gasteiger partial charge in [-0.05, 0) is 26.3 Å². The molecule has 0 radical (unpaired) electrons. The minimum absolute atomic E-state index is 0.321. The topological polar surface area (TPSA) is 75.9 Å². The number of hydrogen-bond donors (Lipinski definition) is 1. The van der Waals surface area contributed by atoms with Crippen molar-refractivity contribution in [2.75, 3.05) is 6.54 Å². The molecule has 2 aromatic heterocycles. The van der Waals surface area contributed by atoms with Crippen molar-refractivity contribution in [3.8, 4) is 0 Å². The quantitative estimate of drug-likeness (QED) is 0.865. The van der Waals surface area contributed by atoms with E-state index in [2.05, 4.69) is 21.8 Å². The average Bonchev–Trinajstić information content (AvgIpc) is 2.89. The van der Waals surface area contributed by atoms with Crippen LogP contribution in [0.4, 0.5) is 0 Å². The zero-order chi connectivity index (χ0) is 15.1. The van der Waals surface area contributed by atoms with E-state index >= 15 is 0 Å². The summed E-state index contributed by atoms with van der Waals surface area (Å²) in [5, 5.41) is 0. The number of likely N-dealkylation sites (tertiary alicyclic amines) is 1. The number of hydrogen-bond acceptors (Lipinski definition) is 4. The van der Waals surface area contributed by atoms with E-state index in [1.807, 2.05) is 0 Å². The number of aryl methyl sites for hydroxylation is 1. The summed E-state index contributed by atoms with van der Waals surface area (Å²) < 4.78 is 2.52. The highest BCUT2D eigenvalue weighted by atomic mass is 16.2. The summed E-state index contributed by atoms with van der Waals surface area (Å²) in [7, 11) is 3.12. The molecule has 0 amide bonds. The molecular weight excluding hydrogens is 270 g/mol. The fourth-order valence-corrected chi connectivity index (χ4v) is 3.03. The number of imidazole rings is 1. The summed E-state index contributed by atoms with van der Waals surface area (Å²) in [6, 6.07) is 0.526.